The summed E-state index contributed by atoms with van der Waals surface area (Å²) >= 11 is 0. The number of ketones is 1. The summed E-state index contributed by atoms with van der Waals surface area (Å²) < 4.78 is 0. The first-order valence-corrected chi connectivity index (χ1v) is 14.0. The Hall–Kier alpha value is -3.90. The number of amides is 1. The number of nitrogens with zero attached hydrogens (tertiary/aromatic N) is 3. The predicted molar refractivity (Wildman–Crippen MR) is 162 cm³/mol. The summed E-state index contributed by atoms with van der Waals surface area (Å²) in [5.74, 6) is -1.44. The van der Waals surface area contributed by atoms with E-state index >= 15 is 0 Å². The number of carbonyl (C=O) groups excluding carboxylic acids is 2. The van der Waals surface area contributed by atoms with Gasteiger partial charge in [-0.2, -0.15) is 0 Å². The molecule has 208 valence electrons. The fraction of sp³-hybridized carbons (Fsp3) is 0.353. The zero-order valence-corrected chi connectivity index (χ0v) is 24.4. The van der Waals surface area contributed by atoms with Crippen molar-refractivity contribution in [1.82, 2.24) is 4.90 Å². The number of aliphatic hydroxyl groups excluding tert-OH is 1. The average Bonchev–Trinajstić information content (AvgIpc) is 3.18. The zero-order chi connectivity index (χ0) is 28.8. The van der Waals surface area contributed by atoms with Crippen LogP contribution in [0, 0.1) is 13.8 Å². The van der Waals surface area contributed by atoms with Gasteiger partial charge in [-0.25, -0.2) is 0 Å². The first-order chi connectivity index (χ1) is 19.0. The quantitative estimate of drug-likeness (QED) is 0.252. The normalized spacial score (nSPS) is 19.9. The van der Waals surface area contributed by atoms with Crippen LogP contribution in [0.3, 0.4) is 0 Å². The van der Waals surface area contributed by atoms with E-state index in [1.54, 1.807) is 4.90 Å². The Balaban J connectivity index is 1.62. The van der Waals surface area contributed by atoms with Crippen molar-refractivity contribution in [3.05, 3.63) is 100 Å². The van der Waals surface area contributed by atoms with Gasteiger partial charge in [0.1, 0.15) is 5.76 Å². The van der Waals surface area contributed by atoms with Crippen LogP contribution in [0.25, 0.3) is 5.76 Å². The van der Waals surface area contributed by atoms with E-state index in [2.05, 4.69) is 37.6 Å². The minimum Gasteiger partial charge on any atom is -0.507 e. The minimum absolute atomic E-state index is 0.118. The van der Waals surface area contributed by atoms with E-state index < -0.39 is 17.7 Å². The highest BCUT2D eigenvalue weighted by Crippen LogP contribution is 2.43. The zero-order valence-electron chi connectivity index (χ0n) is 24.4. The number of rotatable bonds is 4. The first kappa shape index (κ1) is 27.7. The van der Waals surface area contributed by atoms with Gasteiger partial charge in [-0.3, -0.25) is 14.5 Å². The minimum atomic E-state index is -0.743. The van der Waals surface area contributed by atoms with Crippen LogP contribution in [0.4, 0.5) is 11.4 Å². The Morgan fingerprint density at radius 1 is 0.850 bits per heavy atom. The highest BCUT2D eigenvalue weighted by Gasteiger charge is 2.47. The molecule has 1 unspecified atom stereocenters. The fourth-order valence-corrected chi connectivity index (χ4v) is 5.63. The van der Waals surface area contributed by atoms with Crippen LogP contribution in [-0.4, -0.2) is 54.9 Å². The van der Waals surface area contributed by atoms with Crippen molar-refractivity contribution >= 4 is 28.8 Å². The molecule has 1 atom stereocenters. The summed E-state index contributed by atoms with van der Waals surface area (Å²) in [4.78, 5) is 33.5. The van der Waals surface area contributed by atoms with Gasteiger partial charge in [-0.15, -0.1) is 0 Å². The summed E-state index contributed by atoms with van der Waals surface area (Å²) in [6, 6.07) is 20.9. The Morgan fingerprint density at radius 3 is 2.12 bits per heavy atom. The van der Waals surface area contributed by atoms with Crippen LogP contribution in [0.15, 0.2) is 72.3 Å². The van der Waals surface area contributed by atoms with Gasteiger partial charge < -0.3 is 14.9 Å². The van der Waals surface area contributed by atoms with Gasteiger partial charge >= 0.3 is 0 Å². The van der Waals surface area contributed by atoms with Gasteiger partial charge in [-0.05, 0) is 73.3 Å². The molecule has 2 aliphatic heterocycles. The molecule has 1 amide bonds. The second-order valence-corrected chi connectivity index (χ2v) is 12.2. The maximum atomic E-state index is 13.7. The van der Waals surface area contributed by atoms with Crippen molar-refractivity contribution in [2.24, 2.45) is 0 Å². The standard InChI is InChI=1S/C34H39N3O3/c1-22-8-7-9-24(20-22)30-29(31(38)28-21-25(34(3,4)5)11-10-23(28)2)32(39)33(40)37(30)27-14-12-26(13-15-27)36-18-16-35(6)17-19-36/h7-15,20-21,30,38H,16-19H2,1-6H3/b31-29+. The second-order valence-electron chi connectivity index (χ2n) is 12.2. The molecular weight excluding hydrogens is 498 g/mol. The van der Waals surface area contributed by atoms with Crippen LogP contribution < -0.4 is 9.80 Å². The van der Waals surface area contributed by atoms with Crippen LogP contribution in [-0.2, 0) is 15.0 Å². The van der Waals surface area contributed by atoms with Crippen LogP contribution in [0.1, 0.15) is 54.6 Å². The first-order valence-electron chi connectivity index (χ1n) is 14.0. The molecule has 3 aromatic rings. The van der Waals surface area contributed by atoms with E-state index in [-0.39, 0.29) is 16.7 Å². The van der Waals surface area contributed by atoms with Crippen molar-refractivity contribution in [2.75, 3.05) is 43.0 Å². The van der Waals surface area contributed by atoms with Crippen LogP contribution in [0.5, 0.6) is 0 Å². The van der Waals surface area contributed by atoms with Gasteiger partial charge in [-0.1, -0.05) is 62.7 Å². The van der Waals surface area contributed by atoms with Gasteiger partial charge in [0.05, 0.1) is 11.6 Å². The molecule has 0 bridgehead atoms. The number of carbonyl (C=O) groups is 2. The molecule has 0 aromatic heterocycles. The Morgan fingerprint density at radius 2 is 1.50 bits per heavy atom. The van der Waals surface area contributed by atoms with Gasteiger partial charge in [0.25, 0.3) is 11.7 Å². The number of hydrogen-bond acceptors (Lipinski definition) is 5. The Bertz CT molecular complexity index is 1480. The van der Waals surface area contributed by atoms with Crippen LogP contribution in [0.2, 0.25) is 0 Å². The highest BCUT2D eigenvalue weighted by molar-refractivity contribution is 6.51. The van der Waals surface area contributed by atoms with Crippen molar-refractivity contribution in [2.45, 2.75) is 46.1 Å². The molecule has 2 saturated heterocycles. The molecule has 0 radical (unpaired) electrons. The molecule has 0 saturated carbocycles. The number of Topliss-reactive ketones (excluding diaryl/α,β-unsaturated/α-hetero) is 1. The van der Waals surface area contributed by atoms with E-state index in [4.69, 9.17) is 0 Å². The SMILES string of the molecule is Cc1cccc(C2/C(=C(\O)c3cc(C(C)(C)C)ccc3C)C(=O)C(=O)N2c2ccc(N3CCN(C)CC3)cc2)c1. The number of hydrogen-bond donors (Lipinski definition) is 1. The van der Waals surface area contributed by atoms with Crippen LogP contribution >= 0.6 is 0 Å². The monoisotopic (exact) mass is 537 g/mol. The van der Waals surface area contributed by atoms with Gasteiger partial charge in [0, 0.05) is 43.1 Å². The highest BCUT2D eigenvalue weighted by atomic mass is 16.3. The number of benzene rings is 3. The molecule has 0 aliphatic carbocycles. The fourth-order valence-electron chi connectivity index (χ4n) is 5.63. The molecule has 6 nitrogen and oxygen atoms in total. The smallest absolute Gasteiger partial charge is 0.300 e. The lowest BCUT2D eigenvalue weighted by atomic mass is 9.84. The predicted octanol–water partition coefficient (Wildman–Crippen LogP) is 5.98. The van der Waals surface area contributed by atoms with Crippen molar-refractivity contribution in [1.29, 1.82) is 0 Å². The molecule has 0 spiro atoms. The summed E-state index contributed by atoms with van der Waals surface area (Å²) in [6.45, 7) is 14.1. The van der Waals surface area contributed by atoms with E-state index in [0.717, 1.165) is 54.1 Å². The van der Waals surface area contributed by atoms with E-state index in [1.165, 1.54) is 0 Å². The largest absolute Gasteiger partial charge is 0.507 e. The van der Waals surface area contributed by atoms with Gasteiger partial charge in [0.15, 0.2) is 0 Å². The second kappa shape index (κ2) is 10.6. The molecule has 3 aromatic carbocycles. The lowest BCUT2D eigenvalue weighted by Gasteiger charge is -2.34. The third-order valence-electron chi connectivity index (χ3n) is 8.16. The molecule has 40 heavy (non-hydrogen) atoms. The van der Waals surface area contributed by atoms with Crippen molar-refractivity contribution < 1.29 is 14.7 Å². The molecule has 5 rings (SSSR count). The number of aryl methyl sites for hydroxylation is 2. The number of anilines is 2. The molecule has 6 heteroatoms. The van der Waals surface area contributed by atoms with E-state index in [9.17, 15) is 14.7 Å². The number of piperazine rings is 1. The Labute approximate surface area is 237 Å². The summed E-state index contributed by atoms with van der Waals surface area (Å²) in [5, 5.41) is 11.8. The molecule has 2 aliphatic rings. The van der Waals surface area contributed by atoms with E-state index in [1.807, 2.05) is 80.6 Å². The van der Waals surface area contributed by atoms with Crippen molar-refractivity contribution in [3.63, 3.8) is 0 Å². The molecular formula is C34H39N3O3. The summed E-state index contributed by atoms with van der Waals surface area (Å²) in [6.07, 6.45) is 0. The summed E-state index contributed by atoms with van der Waals surface area (Å²) in [7, 11) is 2.13. The third-order valence-corrected chi connectivity index (χ3v) is 8.16. The maximum Gasteiger partial charge on any atom is 0.300 e. The lowest BCUT2D eigenvalue weighted by molar-refractivity contribution is -0.132. The number of likely N-dealkylation sites (N-methyl/N-ethyl adjacent to an activating group) is 1. The molecule has 2 heterocycles. The molecule has 1 N–H and O–H groups in total. The summed E-state index contributed by atoms with van der Waals surface area (Å²) in [5.41, 5.74) is 5.96. The number of aliphatic hydroxyl groups is 1. The lowest BCUT2D eigenvalue weighted by Crippen LogP contribution is -2.44. The average molecular weight is 538 g/mol. The Kier molecular flexibility index (Phi) is 7.32. The van der Waals surface area contributed by atoms with E-state index in [0.29, 0.717) is 11.3 Å². The molecule has 2 fully saturated rings. The maximum absolute atomic E-state index is 13.7. The van der Waals surface area contributed by atoms with Gasteiger partial charge in [0.2, 0.25) is 0 Å². The van der Waals surface area contributed by atoms with Crippen molar-refractivity contribution in [3.8, 4) is 0 Å². The third kappa shape index (κ3) is 5.16. The topological polar surface area (TPSA) is 64.1 Å².